The fraction of sp³-hybridized carbons (Fsp3) is 0.514. The van der Waals surface area contributed by atoms with Gasteiger partial charge in [-0.05, 0) is 74.6 Å². The average Bonchev–Trinajstić information content (AvgIpc) is 3.69. The van der Waals surface area contributed by atoms with Crippen LogP contribution in [0.5, 0.6) is 5.75 Å². The molecule has 3 saturated heterocycles. The van der Waals surface area contributed by atoms with Crippen LogP contribution in [-0.4, -0.2) is 93.4 Å². The lowest BCUT2D eigenvalue weighted by Gasteiger charge is -2.36. The molecule has 3 aliphatic rings. The number of nitrogens with zero attached hydrogens (tertiary/aromatic N) is 5. The van der Waals surface area contributed by atoms with Crippen LogP contribution in [0, 0.1) is 24.1 Å². The number of aromatic nitrogens is 2. The van der Waals surface area contributed by atoms with Crippen LogP contribution in [0.4, 0.5) is 15.9 Å². The van der Waals surface area contributed by atoms with Crippen LogP contribution < -0.4 is 14.5 Å². The maximum atomic E-state index is 15.0. The summed E-state index contributed by atoms with van der Waals surface area (Å²) in [5.74, 6) is 1.57. The molecule has 0 radical (unpaired) electrons. The van der Waals surface area contributed by atoms with E-state index in [-0.39, 0.29) is 41.5 Å². The predicted molar refractivity (Wildman–Crippen MR) is 181 cm³/mol. The van der Waals surface area contributed by atoms with Crippen molar-refractivity contribution >= 4 is 23.4 Å². The number of carbonyl (C=O) groups is 2. The number of methoxy groups -OCH3 is 3. The number of halogens is 1. The zero-order valence-corrected chi connectivity index (χ0v) is 28.5. The largest absolute Gasteiger partial charge is 0.497 e. The lowest BCUT2D eigenvalue weighted by atomic mass is 9.74. The third-order valence-electron chi connectivity index (χ3n) is 10.6. The molecule has 256 valence electrons. The van der Waals surface area contributed by atoms with E-state index in [1.807, 2.05) is 36.1 Å². The summed E-state index contributed by atoms with van der Waals surface area (Å²) in [6.07, 6.45) is 3.76. The maximum absolute atomic E-state index is 15.0. The second-order valence-electron chi connectivity index (χ2n) is 13.6. The molecule has 0 aliphatic carbocycles. The Morgan fingerprint density at radius 3 is 2.42 bits per heavy atom. The van der Waals surface area contributed by atoms with Crippen LogP contribution in [0.3, 0.4) is 0 Å². The molecule has 6 rings (SSSR count). The Morgan fingerprint density at radius 2 is 1.75 bits per heavy atom. The maximum Gasteiger partial charge on any atom is 0.308 e. The molecule has 3 aromatic rings. The molecule has 1 aromatic heterocycles. The number of aryl methyl sites for hydroxylation is 1. The third kappa shape index (κ3) is 6.57. The monoisotopic (exact) mass is 659 g/mol. The van der Waals surface area contributed by atoms with Crippen molar-refractivity contribution in [2.75, 3.05) is 70.5 Å². The van der Waals surface area contributed by atoms with Gasteiger partial charge in [0, 0.05) is 63.6 Å². The molecule has 10 nitrogen and oxygen atoms in total. The average molecular weight is 660 g/mol. The first-order chi connectivity index (χ1) is 23.1. The molecule has 0 bridgehead atoms. The Bertz CT molecular complexity index is 1610. The summed E-state index contributed by atoms with van der Waals surface area (Å²) < 4.78 is 30.8. The zero-order valence-electron chi connectivity index (χ0n) is 28.5. The quantitative estimate of drug-likeness (QED) is 0.295. The molecule has 2 aromatic carbocycles. The third-order valence-corrected chi connectivity index (χ3v) is 10.6. The molecule has 4 atom stereocenters. The summed E-state index contributed by atoms with van der Waals surface area (Å²) >= 11 is 0. The molecule has 0 saturated carbocycles. The van der Waals surface area contributed by atoms with Crippen LogP contribution >= 0.6 is 0 Å². The van der Waals surface area contributed by atoms with E-state index in [0.717, 1.165) is 28.4 Å². The molecule has 3 aliphatic heterocycles. The van der Waals surface area contributed by atoms with Gasteiger partial charge in [0.15, 0.2) is 0 Å². The molecule has 1 amide bonds. The summed E-state index contributed by atoms with van der Waals surface area (Å²) in [6.45, 7) is 7.24. The van der Waals surface area contributed by atoms with E-state index in [9.17, 15) is 9.18 Å². The van der Waals surface area contributed by atoms with Gasteiger partial charge in [0.05, 0.1) is 38.2 Å². The van der Waals surface area contributed by atoms with Crippen molar-refractivity contribution in [1.82, 2.24) is 14.9 Å². The highest BCUT2D eigenvalue weighted by atomic mass is 19.1. The lowest BCUT2D eigenvalue weighted by molar-refractivity contribution is -0.146. The van der Waals surface area contributed by atoms with Gasteiger partial charge in [-0.25, -0.2) is 14.4 Å². The lowest BCUT2D eigenvalue weighted by Crippen LogP contribution is -2.49. The molecule has 3 fully saturated rings. The van der Waals surface area contributed by atoms with Gasteiger partial charge < -0.3 is 28.9 Å². The Kier molecular flexibility index (Phi) is 9.87. The zero-order chi connectivity index (χ0) is 34.0. The number of benzene rings is 2. The Labute approximate surface area is 282 Å². The molecule has 0 spiro atoms. The summed E-state index contributed by atoms with van der Waals surface area (Å²) in [5, 5.41) is 0. The summed E-state index contributed by atoms with van der Waals surface area (Å²) in [4.78, 5) is 42.5. The van der Waals surface area contributed by atoms with Crippen LogP contribution in [0.15, 0.2) is 54.7 Å². The fourth-order valence-corrected chi connectivity index (χ4v) is 8.04. The highest BCUT2D eigenvalue weighted by Gasteiger charge is 2.53. The number of hydrogen-bond donors (Lipinski definition) is 0. The minimum atomic E-state index is -0.768. The van der Waals surface area contributed by atoms with Crippen LogP contribution in [-0.2, 0) is 19.1 Å². The van der Waals surface area contributed by atoms with Gasteiger partial charge in [0.2, 0.25) is 5.91 Å². The number of carbonyl (C=O) groups excluding carboxylic acids is 2. The van der Waals surface area contributed by atoms with E-state index in [1.54, 1.807) is 26.5 Å². The van der Waals surface area contributed by atoms with E-state index < -0.39 is 5.41 Å². The molecule has 11 heteroatoms. The van der Waals surface area contributed by atoms with E-state index in [2.05, 4.69) is 33.8 Å². The van der Waals surface area contributed by atoms with Gasteiger partial charge in [-0.3, -0.25) is 9.59 Å². The van der Waals surface area contributed by atoms with Crippen molar-refractivity contribution in [3.8, 4) is 5.75 Å². The van der Waals surface area contributed by atoms with E-state index >= 15 is 4.79 Å². The number of esters is 1. The minimum Gasteiger partial charge on any atom is -0.497 e. The predicted octanol–water partition coefficient (Wildman–Crippen LogP) is 4.96. The summed E-state index contributed by atoms with van der Waals surface area (Å²) in [7, 11) is 4.73. The number of ether oxygens (including phenoxy) is 3. The van der Waals surface area contributed by atoms with Gasteiger partial charge in [0.25, 0.3) is 0 Å². The molecule has 0 N–H and O–H groups in total. The first-order valence-electron chi connectivity index (χ1n) is 16.8. The van der Waals surface area contributed by atoms with Gasteiger partial charge in [-0.15, -0.1) is 0 Å². The van der Waals surface area contributed by atoms with Gasteiger partial charge in [-0.1, -0.05) is 18.2 Å². The smallest absolute Gasteiger partial charge is 0.308 e. The Hall–Kier alpha value is -4.25. The standard InChI is InChI=1S/C37H46FN5O5/c1-24-39-15-12-34(40-24)42-21-32(25-6-9-30(47-4)10-7-25)37(2,23-42)36(45)43-20-27(18-29(43)22-46-3)31-11-8-28(38)19-33(31)41-16-13-26(14-17-41)35(44)48-5/h6-12,15,19,26-27,29,32H,13-14,16-18,20-23H2,1-5H3/t27-,29+,32+,37-/m1/s1. The molecule has 48 heavy (non-hydrogen) atoms. The fourth-order valence-electron chi connectivity index (χ4n) is 8.04. The Balaban J connectivity index is 1.30. The summed E-state index contributed by atoms with van der Waals surface area (Å²) in [6, 6.07) is 14.7. The number of anilines is 2. The number of hydrogen-bond acceptors (Lipinski definition) is 9. The second-order valence-corrected chi connectivity index (χ2v) is 13.6. The van der Waals surface area contributed by atoms with Gasteiger partial charge >= 0.3 is 5.97 Å². The van der Waals surface area contributed by atoms with Crippen molar-refractivity contribution in [3.63, 3.8) is 0 Å². The molecule has 4 heterocycles. The summed E-state index contributed by atoms with van der Waals surface area (Å²) in [5.41, 5.74) is 2.15. The van der Waals surface area contributed by atoms with E-state index in [0.29, 0.717) is 64.4 Å². The number of rotatable bonds is 9. The second kappa shape index (κ2) is 14.1. The number of piperidine rings is 1. The normalized spacial score (nSPS) is 24.6. The van der Waals surface area contributed by atoms with Crippen LogP contribution in [0.25, 0.3) is 0 Å². The van der Waals surface area contributed by atoms with Crippen molar-refractivity contribution in [1.29, 1.82) is 0 Å². The molecule has 0 unspecified atom stereocenters. The number of likely N-dealkylation sites (tertiary alicyclic amines) is 1. The molecular formula is C37H46FN5O5. The van der Waals surface area contributed by atoms with Crippen LogP contribution in [0.1, 0.15) is 55.0 Å². The molecular weight excluding hydrogens is 613 g/mol. The van der Waals surface area contributed by atoms with Crippen molar-refractivity contribution in [2.24, 2.45) is 11.3 Å². The first-order valence-corrected chi connectivity index (χ1v) is 16.8. The van der Waals surface area contributed by atoms with Crippen molar-refractivity contribution in [3.05, 3.63) is 77.5 Å². The SMILES string of the molecule is COC[C@@H]1C[C@@H](c2ccc(F)cc2N2CCC(C(=O)OC)CC2)CN1C(=O)[C@]1(C)CN(c2ccnc(C)n2)C[C@H]1c1ccc(OC)cc1. The van der Waals surface area contributed by atoms with Crippen LogP contribution in [0.2, 0.25) is 0 Å². The number of amides is 1. The van der Waals surface area contributed by atoms with Crippen molar-refractivity contribution < 1.29 is 28.2 Å². The van der Waals surface area contributed by atoms with Crippen molar-refractivity contribution in [2.45, 2.75) is 51.0 Å². The minimum absolute atomic E-state index is 0.00640. The first kappa shape index (κ1) is 33.6. The highest BCUT2D eigenvalue weighted by Crippen LogP contribution is 2.48. The highest BCUT2D eigenvalue weighted by molar-refractivity contribution is 5.86. The Morgan fingerprint density at radius 1 is 1.00 bits per heavy atom. The van der Waals surface area contributed by atoms with E-state index in [1.165, 1.54) is 13.2 Å². The van der Waals surface area contributed by atoms with Gasteiger partial charge in [-0.2, -0.15) is 0 Å². The van der Waals surface area contributed by atoms with Gasteiger partial charge in [0.1, 0.15) is 23.2 Å². The topological polar surface area (TPSA) is 97.3 Å². The van der Waals surface area contributed by atoms with E-state index in [4.69, 9.17) is 19.2 Å².